The van der Waals surface area contributed by atoms with E-state index in [2.05, 4.69) is 15.3 Å². The van der Waals surface area contributed by atoms with Crippen LogP contribution in [-0.2, 0) is 22.2 Å². The molecule has 3 N–H and O–H groups in total. The van der Waals surface area contributed by atoms with Crippen molar-refractivity contribution in [3.8, 4) is 0 Å². The SMILES string of the molecule is CCc1[nH]c(C)nc1C=C(C)CN1C(O)N(C)C(=O)C12CCN(C(=O)C(NC(=O)c1cc(C(F)(F)F)ccc1F)C(C)C)CC2. The summed E-state index contributed by atoms with van der Waals surface area (Å²) in [4.78, 5) is 52.3. The van der Waals surface area contributed by atoms with Crippen LogP contribution in [0.5, 0.6) is 0 Å². The number of nitrogens with one attached hydrogen (secondary N) is 2. The van der Waals surface area contributed by atoms with Gasteiger partial charge in [-0.15, -0.1) is 0 Å². The average molecular weight is 637 g/mol. The minimum absolute atomic E-state index is 0.125. The van der Waals surface area contributed by atoms with Crippen LogP contribution in [0.1, 0.15) is 73.7 Å². The van der Waals surface area contributed by atoms with E-state index in [-0.39, 0.29) is 38.4 Å². The molecule has 1 spiro atoms. The van der Waals surface area contributed by atoms with Crippen LogP contribution in [0.2, 0.25) is 0 Å². The van der Waals surface area contributed by atoms with Crippen molar-refractivity contribution in [3.05, 3.63) is 57.9 Å². The Bertz CT molecular complexity index is 1480. The summed E-state index contributed by atoms with van der Waals surface area (Å²) in [5, 5.41) is 13.5. The van der Waals surface area contributed by atoms with Crippen LogP contribution in [-0.4, -0.2) is 92.1 Å². The van der Waals surface area contributed by atoms with Gasteiger partial charge in [0.2, 0.25) is 11.8 Å². The van der Waals surface area contributed by atoms with Crippen LogP contribution in [0, 0.1) is 18.7 Å². The predicted molar refractivity (Wildman–Crippen MR) is 158 cm³/mol. The Morgan fingerprint density at radius 1 is 1.24 bits per heavy atom. The zero-order valence-corrected chi connectivity index (χ0v) is 26.3. The van der Waals surface area contributed by atoms with Crippen molar-refractivity contribution in [2.45, 2.75) is 78.0 Å². The number of benzene rings is 1. The summed E-state index contributed by atoms with van der Waals surface area (Å²) < 4.78 is 53.9. The van der Waals surface area contributed by atoms with Crippen LogP contribution in [0.3, 0.4) is 0 Å². The minimum atomic E-state index is -4.78. The number of hydrogen-bond donors (Lipinski definition) is 3. The molecule has 2 aliphatic rings. The smallest absolute Gasteiger partial charge is 0.361 e. The van der Waals surface area contributed by atoms with E-state index in [0.29, 0.717) is 18.2 Å². The third-order valence-electron chi connectivity index (χ3n) is 8.64. The van der Waals surface area contributed by atoms with Crippen molar-refractivity contribution < 1.29 is 37.1 Å². The van der Waals surface area contributed by atoms with Crippen LogP contribution in [0.4, 0.5) is 17.6 Å². The van der Waals surface area contributed by atoms with Crippen molar-refractivity contribution in [1.29, 1.82) is 0 Å². The number of alkyl halides is 3. The molecule has 0 saturated carbocycles. The van der Waals surface area contributed by atoms with E-state index in [9.17, 15) is 37.1 Å². The van der Waals surface area contributed by atoms with Crippen LogP contribution in [0.25, 0.3) is 6.08 Å². The third kappa shape index (κ3) is 6.76. The van der Waals surface area contributed by atoms with E-state index in [1.54, 1.807) is 18.7 Å². The number of aryl methyl sites for hydroxylation is 2. The fraction of sp³-hybridized carbons (Fsp3) is 0.548. The standard InChI is InChI=1S/C31H40F4N6O4/c1-7-23-24(37-19(5)36-23)14-18(4)16-41-29(45)39(6)28(44)30(41)10-12-40(13-11-30)27(43)25(17(2)3)38-26(42)21-15-20(31(33,34)35)8-9-22(21)32/h8-9,14-15,17,25,29,45H,7,10-13,16H2,1-6H3,(H,36,37)(H,38,42). The molecule has 2 saturated heterocycles. The van der Waals surface area contributed by atoms with Gasteiger partial charge in [-0.25, -0.2) is 14.3 Å². The van der Waals surface area contributed by atoms with E-state index in [0.717, 1.165) is 29.2 Å². The van der Waals surface area contributed by atoms with Gasteiger partial charge in [0.1, 0.15) is 23.2 Å². The molecule has 14 heteroatoms. The highest BCUT2D eigenvalue weighted by Gasteiger charge is 2.57. The highest BCUT2D eigenvalue weighted by Crippen LogP contribution is 2.39. The van der Waals surface area contributed by atoms with Gasteiger partial charge in [-0.3, -0.25) is 14.4 Å². The molecule has 0 radical (unpaired) electrons. The van der Waals surface area contributed by atoms with E-state index < -0.39 is 58.8 Å². The molecule has 1 aromatic carbocycles. The molecular weight excluding hydrogens is 596 g/mol. The molecule has 3 heterocycles. The molecule has 2 unspecified atom stereocenters. The van der Waals surface area contributed by atoms with Crippen LogP contribution >= 0.6 is 0 Å². The van der Waals surface area contributed by atoms with Gasteiger partial charge in [-0.1, -0.05) is 26.3 Å². The Labute approximate surface area is 259 Å². The van der Waals surface area contributed by atoms with Gasteiger partial charge in [-0.2, -0.15) is 13.2 Å². The number of imidazole rings is 1. The van der Waals surface area contributed by atoms with Gasteiger partial charge in [0, 0.05) is 32.4 Å². The van der Waals surface area contributed by atoms with Crippen molar-refractivity contribution >= 4 is 23.8 Å². The number of hydrogen-bond acceptors (Lipinski definition) is 6. The number of aliphatic hydroxyl groups is 1. The van der Waals surface area contributed by atoms with Crippen molar-refractivity contribution in [2.75, 3.05) is 26.7 Å². The second kappa shape index (κ2) is 12.9. The first-order valence-electron chi connectivity index (χ1n) is 14.9. The van der Waals surface area contributed by atoms with Crippen LogP contribution in [0.15, 0.2) is 23.8 Å². The Morgan fingerprint density at radius 2 is 1.89 bits per heavy atom. The highest BCUT2D eigenvalue weighted by atomic mass is 19.4. The summed E-state index contributed by atoms with van der Waals surface area (Å²) >= 11 is 0. The number of piperidine rings is 1. The summed E-state index contributed by atoms with van der Waals surface area (Å²) in [7, 11) is 1.52. The number of carbonyl (C=O) groups is 3. The Hall–Kier alpha value is -3.78. The molecule has 2 atom stereocenters. The summed E-state index contributed by atoms with van der Waals surface area (Å²) in [6.45, 7) is 9.61. The predicted octanol–water partition coefficient (Wildman–Crippen LogP) is 3.71. The maximum absolute atomic E-state index is 14.4. The van der Waals surface area contributed by atoms with Crippen molar-refractivity contribution in [3.63, 3.8) is 0 Å². The minimum Gasteiger partial charge on any atom is -0.361 e. The number of aromatic nitrogens is 2. The number of halogens is 4. The fourth-order valence-electron chi connectivity index (χ4n) is 6.12. The van der Waals surface area contributed by atoms with E-state index in [4.69, 9.17) is 0 Å². The van der Waals surface area contributed by atoms with Crippen LogP contribution < -0.4 is 5.32 Å². The quantitative estimate of drug-likeness (QED) is 0.380. The lowest BCUT2D eigenvalue weighted by molar-refractivity contribution is -0.142. The third-order valence-corrected chi connectivity index (χ3v) is 8.64. The summed E-state index contributed by atoms with van der Waals surface area (Å²) in [6, 6.07) is 0.380. The molecule has 3 amide bonds. The zero-order valence-electron chi connectivity index (χ0n) is 26.3. The lowest BCUT2D eigenvalue weighted by atomic mass is 9.85. The first-order valence-corrected chi connectivity index (χ1v) is 14.9. The Morgan fingerprint density at radius 3 is 2.47 bits per heavy atom. The van der Waals surface area contributed by atoms with Gasteiger partial charge < -0.3 is 25.2 Å². The molecule has 1 aromatic heterocycles. The maximum atomic E-state index is 14.4. The molecule has 0 aliphatic carbocycles. The normalized spacial score (nSPS) is 20.0. The van der Waals surface area contributed by atoms with Gasteiger partial charge in [0.25, 0.3) is 5.91 Å². The van der Waals surface area contributed by atoms with E-state index >= 15 is 0 Å². The molecule has 2 aliphatic heterocycles. The summed E-state index contributed by atoms with van der Waals surface area (Å²) in [5.74, 6) is -2.74. The number of H-pyrrole nitrogens is 1. The Kier molecular flexibility index (Phi) is 9.78. The number of aromatic amines is 1. The topological polar surface area (TPSA) is 122 Å². The fourth-order valence-corrected chi connectivity index (χ4v) is 6.12. The largest absolute Gasteiger partial charge is 0.416 e. The summed E-state index contributed by atoms with van der Waals surface area (Å²) in [5.41, 5.74) is -0.429. The molecule has 0 bridgehead atoms. The Balaban J connectivity index is 1.50. The number of carbonyl (C=O) groups excluding carboxylic acids is 3. The molecule has 2 aromatic rings. The second-order valence-corrected chi connectivity index (χ2v) is 12.2. The number of nitrogens with zero attached hydrogens (tertiary/aromatic N) is 4. The number of aliphatic hydroxyl groups excluding tert-OH is 1. The summed E-state index contributed by atoms with van der Waals surface area (Å²) in [6.07, 6.45) is -2.87. The highest BCUT2D eigenvalue weighted by molar-refractivity contribution is 5.98. The van der Waals surface area contributed by atoms with E-state index in [1.165, 1.54) is 16.8 Å². The number of likely N-dealkylation sites (N-methyl/N-ethyl adjacent to an activating group) is 1. The monoisotopic (exact) mass is 636 g/mol. The van der Waals surface area contributed by atoms with Gasteiger partial charge in [0.15, 0.2) is 6.35 Å². The number of amides is 3. The number of rotatable bonds is 8. The number of likely N-dealkylation sites (tertiary alicyclic amines) is 1. The van der Waals surface area contributed by atoms with Crippen molar-refractivity contribution in [1.82, 2.24) is 30.0 Å². The van der Waals surface area contributed by atoms with Gasteiger partial charge in [-0.05, 0) is 63.3 Å². The lowest BCUT2D eigenvalue weighted by Gasteiger charge is -2.44. The van der Waals surface area contributed by atoms with Gasteiger partial charge >= 0.3 is 6.18 Å². The first kappa shape index (κ1) is 34.1. The molecule has 4 rings (SSSR count). The first-order chi connectivity index (χ1) is 21.0. The molecule has 2 fully saturated rings. The molecule has 10 nitrogen and oxygen atoms in total. The molecule has 45 heavy (non-hydrogen) atoms. The maximum Gasteiger partial charge on any atom is 0.416 e. The van der Waals surface area contributed by atoms with E-state index in [1.807, 2.05) is 26.8 Å². The lowest BCUT2D eigenvalue weighted by Crippen LogP contribution is -2.60. The van der Waals surface area contributed by atoms with Gasteiger partial charge in [0.05, 0.1) is 16.8 Å². The molecule has 246 valence electrons. The van der Waals surface area contributed by atoms with Crippen molar-refractivity contribution in [2.24, 2.45) is 5.92 Å². The second-order valence-electron chi connectivity index (χ2n) is 12.2. The average Bonchev–Trinajstić information content (AvgIpc) is 3.41. The zero-order chi connectivity index (χ0) is 33.4. The molecular formula is C31H40F4N6O4.